The fraction of sp³-hybridized carbons (Fsp3) is 0.125. The van der Waals surface area contributed by atoms with Gasteiger partial charge in [-0.05, 0) is 46.0 Å². The number of aromatic nitrogens is 1. The van der Waals surface area contributed by atoms with Crippen LogP contribution in [0.15, 0.2) is 103 Å². The average molecular weight is 503 g/mol. The summed E-state index contributed by atoms with van der Waals surface area (Å²) in [5, 5.41) is 13.3. The number of rotatable bonds is 7. The third kappa shape index (κ3) is 4.41. The summed E-state index contributed by atoms with van der Waals surface area (Å²) in [6.07, 6.45) is 1.28. The number of carbonyl (C=O) groups excluding carboxylic acids is 2. The van der Waals surface area contributed by atoms with E-state index in [1.54, 1.807) is 30.5 Å². The average Bonchev–Trinajstić information content (AvgIpc) is 3.52. The van der Waals surface area contributed by atoms with E-state index in [1.165, 1.54) is 0 Å². The maximum Gasteiger partial charge on any atom is 0.407 e. The SMILES string of the molecule is O=C(N[C@@H](Cc1ccc(O)cc1)C(=O)c1c[nH]c2ccccc12)OCC1c2ccccc2-c2ccccc21. The molecule has 1 aliphatic carbocycles. The number of aromatic hydroxyl groups is 1. The van der Waals surface area contributed by atoms with Crippen molar-refractivity contribution in [3.63, 3.8) is 0 Å². The number of aromatic amines is 1. The van der Waals surface area contributed by atoms with E-state index in [9.17, 15) is 14.7 Å². The largest absolute Gasteiger partial charge is 0.508 e. The molecule has 6 nitrogen and oxygen atoms in total. The molecule has 3 N–H and O–H groups in total. The molecule has 5 aromatic rings. The van der Waals surface area contributed by atoms with Crippen LogP contribution < -0.4 is 5.32 Å². The van der Waals surface area contributed by atoms with Crippen LogP contribution in [-0.4, -0.2) is 34.6 Å². The highest BCUT2D eigenvalue weighted by Crippen LogP contribution is 2.44. The van der Waals surface area contributed by atoms with Gasteiger partial charge in [-0.2, -0.15) is 0 Å². The van der Waals surface area contributed by atoms with Gasteiger partial charge < -0.3 is 20.1 Å². The number of para-hydroxylation sites is 1. The highest BCUT2D eigenvalue weighted by Gasteiger charge is 2.30. The van der Waals surface area contributed by atoms with Crippen LogP contribution in [0.5, 0.6) is 5.75 Å². The number of ether oxygens (including phenoxy) is 1. The summed E-state index contributed by atoms with van der Waals surface area (Å²) in [4.78, 5) is 29.9. The zero-order valence-corrected chi connectivity index (χ0v) is 20.6. The van der Waals surface area contributed by atoms with Crippen LogP contribution in [0.3, 0.4) is 0 Å². The Labute approximate surface area is 219 Å². The molecule has 0 aliphatic heterocycles. The van der Waals surface area contributed by atoms with Crippen LogP contribution in [0.25, 0.3) is 22.0 Å². The van der Waals surface area contributed by atoms with Crippen LogP contribution in [0.4, 0.5) is 4.79 Å². The normalized spacial score (nSPS) is 13.1. The van der Waals surface area contributed by atoms with Gasteiger partial charge in [0.2, 0.25) is 0 Å². The van der Waals surface area contributed by atoms with Crippen LogP contribution in [0.2, 0.25) is 0 Å². The van der Waals surface area contributed by atoms with Crippen molar-refractivity contribution >= 4 is 22.8 Å². The monoisotopic (exact) mass is 502 g/mol. The highest BCUT2D eigenvalue weighted by molar-refractivity contribution is 6.11. The van der Waals surface area contributed by atoms with E-state index >= 15 is 0 Å². The molecule has 0 bridgehead atoms. The number of Topliss-reactive ketones (excluding diaryl/α,β-unsaturated/α-hetero) is 1. The first-order valence-electron chi connectivity index (χ1n) is 12.6. The lowest BCUT2D eigenvalue weighted by Crippen LogP contribution is -2.43. The lowest BCUT2D eigenvalue weighted by molar-refractivity contribution is 0.0920. The first-order valence-corrected chi connectivity index (χ1v) is 12.6. The Morgan fingerprint density at radius 1 is 0.842 bits per heavy atom. The number of carbonyl (C=O) groups is 2. The second-order valence-corrected chi connectivity index (χ2v) is 9.51. The number of nitrogens with one attached hydrogen (secondary N) is 2. The maximum atomic E-state index is 13.7. The molecule has 1 amide bonds. The van der Waals surface area contributed by atoms with Gasteiger partial charge in [-0.3, -0.25) is 4.79 Å². The van der Waals surface area contributed by atoms with Crippen LogP contribution >= 0.6 is 0 Å². The lowest BCUT2D eigenvalue weighted by Gasteiger charge is -2.19. The first-order chi connectivity index (χ1) is 18.6. The summed E-state index contributed by atoms with van der Waals surface area (Å²) in [6.45, 7) is 0.160. The number of phenolic OH excluding ortho intramolecular Hbond substituents is 1. The summed E-state index contributed by atoms with van der Waals surface area (Å²) in [5.74, 6) is -0.158. The number of hydrogen-bond donors (Lipinski definition) is 3. The minimum absolute atomic E-state index is 0.0759. The number of alkyl carbamates (subject to hydrolysis) is 1. The molecule has 0 radical (unpaired) electrons. The van der Waals surface area contributed by atoms with Crippen molar-refractivity contribution in [2.24, 2.45) is 0 Å². The number of benzene rings is 4. The van der Waals surface area contributed by atoms with Gasteiger partial charge in [0.25, 0.3) is 0 Å². The van der Waals surface area contributed by atoms with Gasteiger partial charge >= 0.3 is 6.09 Å². The van der Waals surface area contributed by atoms with Gasteiger partial charge in [0, 0.05) is 35.0 Å². The van der Waals surface area contributed by atoms with Crippen molar-refractivity contribution in [2.75, 3.05) is 6.61 Å². The predicted octanol–water partition coefficient (Wildman–Crippen LogP) is 6.21. The molecule has 0 spiro atoms. The molecule has 4 aromatic carbocycles. The number of ketones is 1. The third-order valence-electron chi connectivity index (χ3n) is 7.18. The molecule has 1 atom stereocenters. The van der Waals surface area contributed by atoms with Gasteiger partial charge in [-0.25, -0.2) is 4.79 Å². The Morgan fingerprint density at radius 3 is 2.18 bits per heavy atom. The van der Waals surface area contributed by atoms with E-state index in [1.807, 2.05) is 48.5 Å². The van der Waals surface area contributed by atoms with Gasteiger partial charge in [0.1, 0.15) is 12.4 Å². The van der Waals surface area contributed by atoms with E-state index in [0.717, 1.165) is 38.7 Å². The van der Waals surface area contributed by atoms with E-state index in [-0.39, 0.29) is 30.5 Å². The summed E-state index contributed by atoms with van der Waals surface area (Å²) in [7, 11) is 0. The molecule has 6 heteroatoms. The molecule has 0 unspecified atom stereocenters. The Hall–Kier alpha value is -4.84. The van der Waals surface area contributed by atoms with Crippen LogP contribution in [0, 0.1) is 0 Å². The van der Waals surface area contributed by atoms with Crippen molar-refractivity contribution in [2.45, 2.75) is 18.4 Å². The Kier molecular flexibility index (Phi) is 6.14. The topological polar surface area (TPSA) is 91.4 Å². The molecule has 0 saturated carbocycles. The van der Waals surface area contributed by atoms with E-state index < -0.39 is 12.1 Å². The maximum absolute atomic E-state index is 13.7. The van der Waals surface area contributed by atoms with E-state index in [0.29, 0.717) is 5.56 Å². The minimum atomic E-state index is -0.852. The molecule has 1 heterocycles. The van der Waals surface area contributed by atoms with Crippen molar-refractivity contribution in [1.29, 1.82) is 0 Å². The fourth-order valence-electron chi connectivity index (χ4n) is 5.32. The second-order valence-electron chi connectivity index (χ2n) is 9.51. The minimum Gasteiger partial charge on any atom is -0.508 e. The zero-order chi connectivity index (χ0) is 26.1. The van der Waals surface area contributed by atoms with Crippen LogP contribution in [-0.2, 0) is 11.2 Å². The van der Waals surface area contributed by atoms with Gasteiger partial charge in [-0.15, -0.1) is 0 Å². The van der Waals surface area contributed by atoms with Crippen molar-refractivity contribution in [3.8, 4) is 16.9 Å². The Morgan fingerprint density at radius 2 is 1.47 bits per heavy atom. The molecule has 188 valence electrons. The molecule has 6 rings (SSSR count). The standard InChI is InChI=1S/C32H26N2O4/c35-21-15-13-20(14-16-21)17-30(31(36)27-18-33-29-12-6-5-11-26(27)29)34-32(37)38-19-28-24-9-3-1-7-22(24)23-8-2-4-10-25(23)28/h1-16,18,28,30,33,35H,17,19H2,(H,34,37)/t30-/m0/s1. The van der Waals surface area contributed by atoms with Crippen molar-refractivity contribution in [1.82, 2.24) is 10.3 Å². The molecular weight excluding hydrogens is 476 g/mol. The molecule has 1 aliphatic rings. The lowest BCUT2D eigenvalue weighted by atomic mass is 9.97. The molecular formula is C32H26N2O4. The summed E-state index contributed by atoms with van der Waals surface area (Å²) in [5.41, 5.74) is 6.70. The van der Waals surface area contributed by atoms with Crippen LogP contribution in [0.1, 0.15) is 33.0 Å². The zero-order valence-electron chi connectivity index (χ0n) is 20.6. The van der Waals surface area contributed by atoms with Gasteiger partial charge in [0.15, 0.2) is 5.78 Å². The van der Waals surface area contributed by atoms with E-state index in [4.69, 9.17) is 4.74 Å². The number of fused-ring (bicyclic) bond motifs is 4. The molecule has 1 aromatic heterocycles. The van der Waals surface area contributed by atoms with E-state index in [2.05, 4.69) is 34.6 Å². The fourth-order valence-corrected chi connectivity index (χ4v) is 5.32. The van der Waals surface area contributed by atoms with Gasteiger partial charge in [0.05, 0.1) is 6.04 Å². The summed E-state index contributed by atoms with van der Waals surface area (Å²) in [6, 6.07) is 29.6. The van der Waals surface area contributed by atoms with Crippen molar-refractivity contribution in [3.05, 3.63) is 126 Å². The number of amides is 1. The van der Waals surface area contributed by atoms with Gasteiger partial charge in [-0.1, -0.05) is 78.9 Å². The summed E-state index contributed by atoms with van der Waals surface area (Å²) < 4.78 is 5.73. The Balaban J connectivity index is 1.23. The number of phenols is 1. The molecule has 38 heavy (non-hydrogen) atoms. The first kappa shape index (κ1) is 23.6. The molecule has 0 fully saturated rings. The summed E-state index contributed by atoms with van der Waals surface area (Å²) >= 11 is 0. The number of hydrogen-bond acceptors (Lipinski definition) is 4. The van der Waals surface area contributed by atoms with Crippen molar-refractivity contribution < 1.29 is 19.4 Å². The Bertz CT molecular complexity index is 1590. The number of H-pyrrole nitrogens is 1. The predicted molar refractivity (Wildman–Crippen MR) is 146 cm³/mol. The smallest absolute Gasteiger partial charge is 0.407 e. The third-order valence-corrected chi connectivity index (χ3v) is 7.18. The second kappa shape index (κ2) is 9.90. The quantitative estimate of drug-likeness (QED) is 0.231. The molecule has 0 saturated heterocycles. The highest BCUT2D eigenvalue weighted by atomic mass is 16.5.